The fourth-order valence-corrected chi connectivity index (χ4v) is 1.60. The molecule has 0 N–H and O–H groups in total. The van der Waals surface area contributed by atoms with E-state index in [1.165, 1.54) is 19.3 Å². The number of esters is 1. The monoisotopic (exact) mass is 259 g/mol. The van der Waals surface area contributed by atoms with E-state index in [-0.39, 0.29) is 5.97 Å². The van der Waals surface area contributed by atoms with E-state index in [1.807, 2.05) is 0 Å². The van der Waals surface area contributed by atoms with E-state index in [4.69, 9.17) is 4.74 Å². The average molecular weight is 259 g/mol. The first-order chi connectivity index (χ1) is 9.27. The maximum Gasteiger partial charge on any atom is 0.356 e. The third-order valence-electron chi connectivity index (χ3n) is 2.64. The smallest absolute Gasteiger partial charge is 0.356 e. The predicted octanol–water partition coefficient (Wildman–Crippen LogP) is 3.58. The molecule has 0 atom stereocenters. The lowest BCUT2D eigenvalue weighted by Crippen LogP contribution is -2.06. The summed E-state index contributed by atoms with van der Waals surface area (Å²) in [5.74, 6) is 5.80. The molecule has 0 bridgehead atoms. The van der Waals surface area contributed by atoms with E-state index in [1.54, 1.807) is 25.3 Å². The zero-order valence-electron chi connectivity index (χ0n) is 11.7. The summed E-state index contributed by atoms with van der Waals surface area (Å²) in [6.07, 6.45) is 7.44. The molecule has 0 radical (unpaired) electrons. The van der Waals surface area contributed by atoms with Gasteiger partial charge in [-0.2, -0.15) is 0 Å². The molecule has 3 heteroatoms. The number of nitrogens with zero attached hydrogens (tertiary/aromatic N) is 1. The minimum absolute atomic E-state index is 0.329. The lowest BCUT2D eigenvalue weighted by molar-refractivity contribution is 0.0519. The first kappa shape index (κ1) is 15.2. The van der Waals surface area contributed by atoms with Crippen molar-refractivity contribution >= 4 is 5.97 Å². The van der Waals surface area contributed by atoms with Crippen LogP contribution in [0.15, 0.2) is 18.3 Å². The van der Waals surface area contributed by atoms with Crippen molar-refractivity contribution in [1.82, 2.24) is 4.98 Å². The summed E-state index contributed by atoms with van der Waals surface area (Å²) >= 11 is 0. The topological polar surface area (TPSA) is 39.2 Å². The Morgan fingerprint density at radius 1 is 1.26 bits per heavy atom. The van der Waals surface area contributed by atoms with Crippen LogP contribution in [0.1, 0.15) is 62.0 Å². The molecule has 0 aliphatic carbocycles. The fourth-order valence-electron chi connectivity index (χ4n) is 1.60. The standard InChI is InChI=1S/C16H21NO2/c1-3-5-6-7-8-9-10-14-11-12-15(17-13-14)16(18)19-4-2/h11-13H,3-8H2,1-2H3. The largest absolute Gasteiger partial charge is 0.461 e. The molecular weight excluding hydrogens is 238 g/mol. The van der Waals surface area contributed by atoms with Crippen molar-refractivity contribution in [2.45, 2.75) is 46.0 Å². The molecule has 0 fully saturated rings. The molecule has 1 heterocycles. The van der Waals surface area contributed by atoms with E-state index < -0.39 is 0 Å². The third kappa shape index (κ3) is 6.05. The van der Waals surface area contributed by atoms with E-state index in [0.717, 1.165) is 18.4 Å². The molecule has 102 valence electrons. The zero-order valence-corrected chi connectivity index (χ0v) is 11.7. The number of ether oxygens (including phenoxy) is 1. The second-order valence-corrected chi connectivity index (χ2v) is 4.27. The minimum atomic E-state index is -0.387. The Labute approximate surface area is 115 Å². The van der Waals surface area contributed by atoms with Gasteiger partial charge in [0.1, 0.15) is 5.69 Å². The number of carbonyl (C=O) groups excluding carboxylic acids is 1. The van der Waals surface area contributed by atoms with E-state index in [9.17, 15) is 4.79 Å². The lowest BCUT2D eigenvalue weighted by atomic mass is 10.1. The predicted molar refractivity (Wildman–Crippen MR) is 75.8 cm³/mol. The second kappa shape index (κ2) is 9.16. The Bertz CT molecular complexity index is 440. The van der Waals surface area contributed by atoms with Crippen LogP contribution >= 0.6 is 0 Å². The Balaban J connectivity index is 2.44. The Morgan fingerprint density at radius 2 is 2.11 bits per heavy atom. The van der Waals surface area contributed by atoms with Crippen LogP contribution < -0.4 is 0 Å². The van der Waals surface area contributed by atoms with Crippen LogP contribution in [0.3, 0.4) is 0 Å². The summed E-state index contributed by atoms with van der Waals surface area (Å²) in [6, 6.07) is 3.46. The molecule has 1 rings (SSSR count). The number of hydrogen-bond acceptors (Lipinski definition) is 3. The summed E-state index contributed by atoms with van der Waals surface area (Å²) in [6.45, 7) is 4.33. The molecule has 0 aromatic carbocycles. The highest BCUT2D eigenvalue weighted by Crippen LogP contribution is 2.03. The third-order valence-corrected chi connectivity index (χ3v) is 2.64. The summed E-state index contributed by atoms with van der Waals surface area (Å²) in [7, 11) is 0. The van der Waals surface area contributed by atoms with Gasteiger partial charge < -0.3 is 4.74 Å². The van der Waals surface area contributed by atoms with Gasteiger partial charge in [0.25, 0.3) is 0 Å². The van der Waals surface area contributed by atoms with Crippen molar-refractivity contribution in [3.05, 3.63) is 29.6 Å². The number of hydrogen-bond donors (Lipinski definition) is 0. The van der Waals surface area contributed by atoms with E-state index >= 15 is 0 Å². The van der Waals surface area contributed by atoms with Gasteiger partial charge in [-0.05, 0) is 25.5 Å². The van der Waals surface area contributed by atoms with Gasteiger partial charge in [0, 0.05) is 18.2 Å². The number of rotatable bonds is 6. The maximum absolute atomic E-state index is 11.4. The highest BCUT2D eigenvalue weighted by atomic mass is 16.5. The number of unbranched alkanes of at least 4 members (excludes halogenated alkanes) is 4. The van der Waals surface area contributed by atoms with Crippen LogP contribution in [0, 0.1) is 11.8 Å². The van der Waals surface area contributed by atoms with Crippen LogP contribution in [0.25, 0.3) is 0 Å². The molecule has 0 aliphatic rings. The summed E-state index contributed by atoms with van der Waals surface area (Å²) < 4.78 is 4.87. The molecule has 1 aromatic heterocycles. The van der Waals surface area contributed by atoms with Crippen molar-refractivity contribution in [3.63, 3.8) is 0 Å². The van der Waals surface area contributed by atoms with E-state index in [0.29, 0.717) is 12.3 Å². The maximum atomic E-state index is 11.4. The van der Waals surface area contributed by atoms with Gasteiger partial charge >= 0.3 is 5.97 Å². The second-order valence-electron chi connectivity index (χ2n) is 4.27. The quantitative estimate of drug-likeness (QED) is 0.445. The highest BCUT2D eigenvalue weighted by Gasteiger charge is 2.06. The summed E-state index contributed by atoms with van der Waals surface area (Å²) in [5.41, 5.74) is 1.17. The first-order valence-corrected chi connectivity index (χ1v) is 6.90. The molecule has 0 amide bonds. The van der Waals surface area contributed by atoms with E-state index in [2.05, 4.69) is 23.7 Å². The normalized spacial score (nSPS) is 9.58. The number of pyridine rings is 1. The van der Waals surface area contributed by atoms with Crippen LogP contribution in [0.4, 0.5) is 0 Å². The molecule has 0 saturated heterocycles. The van der Waals surface area contributed by atoms with Crippen LogP contribution in [0.5, 0.6) is 0 Å². The minimum Gasteiger partial charge on any atom is -0.461 e. The van der Waals surface area contributed by atoms with Crippen molar-refractivity contribution < 1.29 is 9.53 Å². The average Bonchev–Trinajstić information content (AvgIpc) is 2.43. The molecule has 1 aromatic rings. The van der Waals surface area contributed by atoms with Crippen molar-refractivity contribution in [2.75, 3.05) is 6.61 Å². The number of aromatic nitrogens is 1. The van der Waals surface area contributed by atoms with Crippen LogP contribution in [0.2, 0.25) is 0 Å². The Morgan fingerprint density at radius 3 is 2.74 bits per heavy atom. The van der Waals surface area contributed by atoms with Crippen LogP contribution in [-0.2, 0) is 4.74 Å². The molecular formula is C16H21NO2. The van der Waals surface area contributed by atoms with Gasteiger partial charge in [-0.25, -0.2) is 9.78 Å². The zero-order chi connectivity index (χ0) is 13.9. The van der Waals surface area contributed by atoms with Gasteiger partial charge in [-0.15, -0.1) is 0 Å². The lowest BCUT2D eigenvalue weighted by Gasteiger charge is -1.99. The number of carbonyl (C=O) groups is 1. The SMILES string of the molecule is CCCCCCC#Cc1ccc(C(=O)OCC)nc1. The van der Waals surface area contributed by atoms with Gasteiger partial charge in [0.2, 0.25) is 0 Å². The molecule has 0 aliphatic heterocycles. The fraction of sp³-hybridized carbons (Fsp3) is 0.500. The Hall–Kier alpha value is -1.82. The molecule has 0 unspecified atom stereocenters. The molecule has 0 saturated carbocycles. The van der Waals surface area contributed by atoms with Gasteiger partial charge in [0.15, 0.2) is 0 Å². The van der Waals surface area contributed by atoms with Crippen molar-refractivity contribution in [2.24, 2.45) is 0 Å². The molecule has 19 heavy (non-hydrogen) atoms. The highest BCUT2D eigenvalue weighted by molar-refractivity contribution is 5.87. The summed E-state index contributed by atoms with van der Waals surface area (Å²) in [4.78, 5) is 15.4. The van der Waals surface area contributed by atoms with Crippen LogP contribution in [-0.4, -0.2) is 17.6 Å². The summed E-state index contributed by atoms with van der Waals surface area (Å²) in [5, 5.41) is 0. The van der Waals surface area contributed by atoms with Crippen molar-refractivity contribution in [1.29, 1.82) is 0 Å². The molecule has 0 spiro atoms. The van der Waals surface area contributed by atoms with Gasteiger partial charge in [-0.3, -0.25) is 0 Å². The van der Waals surface area contributed by atoms with Crippen molar-refractivity contribution in [3.8, 4) is 11.8 Å². The van der Waals surface area contributed by atoms with Gasteiger partial charge in [-0.1, -0.05) is 38.0 Å². The molecule has 3 nitrogen and oxygen atoms in total. The van der Waals surface area contributed by atoms with Gasteiger partial charge in [0.05, 0.1) is 6.61 Å². The Kier molecular flexibility index (Phi) is 7.34. The first-order valence-electron chi connectivity index (χ1n) is 6.90.